The Balaban J connectivity index is 2.11. The van der Waals surface area contributed by atoms with Gasteiger partial charge in [0, 0.05) is 0 Å². The van der Waals surface area contributed by atoms with Gasteiger partial charge >= 0.3 is 6.61 Å². The number of amides is 1. The topological polar surface area (TPSA) is 56.2 Å². The van der Waals surface area contributed by atoms with Crippen molar-refractivity contribution in [3.05, 3.63) is 40.1 Å². The molecule has 1 amide bonds. The van der Waals surface area contributed by atoms with Gasteiger partial charge in [0.05, 0.1) is 21.5 Å². The van der Waals surface area contributed by atoms with Crippen LogP contribution in [0.4, 0.5) is 14.5 Å². The lowest BCUT2D eigenvalue weighted by Crippen LogP contribution is -2.21. The molecule has 1 N–H and O–H groups in total. The number of carbonyl (C=O) groups excluding carboxylic acids is 1. The highest BCUT2D eigenvalue weighted by Crippen LogP contribution is 2.25. The van der Waals surface area contributed by atoms with Crippen LogP contribution in [0.2, 0.25) is 0 Å². The Hall–Kier alpha value is -1.96. The van der Waals surface area contributed by atoms with Gasteiger partial charge in [0.25, 0.3) is 0 Å². The van der Waals surface area contributed by atoms with E-state index in [2.05, 4.69) is 31.1 Å². The van der Waals surface area contributed by atoms with Gasteiger partial charge in [-0.25, -0.2) is 0 Å². The van der Waals surface area contributed by atoms with Gasteiger partial charge in [0.1, 0.15) is 12.3 Å². The fourth-order valence-corrected chi connectivity index (χ4v) is 2.21. The Labute approximate surface area is 134 Å². The van der Waals surface area contributed by atoms with Crippen LogP contribution >= 0.6 is 15.9 Å². The minimum atomic E-state index is -2.95. The van der Waals surface area contributed by atoms with Crippen molar-refractivity contribution >= 4 is 27.5 Å². The first-order valence-corrected chi connectivity index (χ1v) is 7.21. The maximum absolute atomic E-state index is 12.3. The van der Waals surface area contributed by atoms with Crippen molar-refractivity contribution in [3.8, 4) is 5.75 Å². The Morgan fingerprint density at radius 1 is 1.41 bits per heavy atom. The predicted molar refractivity (Wildman–Crippen MR) is 81.1 cm³/mol. The molecule has 2 aromatic rings. The summed E-state index contributed by atoms with van der Waals surface area (Å²) >= 11 is 3.38. The summed E-state index contributed by atoms with van der Waals surface area (Å²) in [4.78, 5) is 12.1. The van der Waals surface area contributed by atoms with Gasteiger partial charge in [-0.15, -0.1) is 0 Å². The van der Waals surface area contributed by atoms with E-state index in [1.165, 1.54) is 16.8 Å². The molecular formula is C14H14BrF2N3O2. The summed E-state index contributed by atoms with van der Waals surface area (Å²) in [5.41, 5.74) is 1.77. The molecule has 22 heavy (non-hydrogen) atoms. The number of benzene rings is 1. The molecule has 1 heterocycles. The van der Waals surface area contributed by atoms with Crippen molar-refractivity contribution in [3.63, 3.8) is 0 Å². The molecule has 0 unspecified atom stereocenters. The van der Waals surface area contributed by atoms with E-state index >= 15 is 0 Å². The average Bonchev–Trinajstić information content (AvgIpc) is 2.68. The van der Waals surface area contributed by atoms with Gasteiger partial charge < -0.3 is 10.1 Å². The number of carbonyl (C=O) groups is 1. The number of rotatable bonds is 5. The summed E-state index contributed by atoms with van der Waals surface area (Å²) in [6, 6.07) is 6.02. The van der Waals surface area contributed by atoms with Gasteiger partial charge in [-0.3, -0.25) is 9.48 Å². The van der Waals surface area contributed by atoms with Crippen molar-refractivity contribution < 1.29 is 18.3 Å². The number of hydrogen-bond donors (Lipinski definition) is 1. The molecule has 1 aromatic carbocycles. The Bertz CT molecular complexity index is 689. The lowest BCUT2D eigenvalue weighted by Gasteiger charge is -2.12. The van der Waals surface area contributed by atoms with E-state index in [0.29, 0.717) is 0 Å². The van der Waals surface area contributed by atoms with Crippen molar-refractivity contribution in [2.24, 2.45) is 0 Å². The van der Waals surface area contributed by atoms with E-state index < -0.39 is 6.61 Å². The minimum Gasteiger partial charge on any atom is -0.433 e. The van der Waals surface area contributed by atoms with Crippen LogP contribution in [0.15, 0.2) is 28.7 Å². The number of aromatic nitrogens is 2. The number of nitrogens with zero attached hydrogens (tertiary/aromatic N) is 2. The second-order valence-electron chi connectivity index (χ2n) is 4.57. The van der Waals surface area contributed by atoms with E-state index in [9.17, 15) is 13.6 Å². The average molecular weight is 374 g/mol. The predicted octanol–water partition coefficient (Wildman–Crippen LogP) is 3.50. The molecule has 0 aliphatic heterocycles. The van der Waals surface area contributed by atoms with Gasteiger partial charge in [0.2, 0.25) is 5.91 Å². The van der Waals surface area contributed by atoms with Crippen molar-refractivity contribution in [2.75, 3.05) is 5.32 Å². The second-order valence-corrected chi connectivity index (χ2v) is 5.36. The Kier molecular flexibility index (Phi) is 5.12. The van der Waals surface area contributed by atoms with Crippen LogP contribution in [0.1, 0.15) is 11.4 Å². The zero-order valence-electron chi connectivity index (χ0n) is 11.9. The van der Waals surface area contributed by atoms with Crippen LogP contribution in [0.25, 0.3) is 0 Å². The first-order chi connectivity index (χ1) is 10.4. The van der Waals surface area contributed by atoms with E-state index in [1.54, 1.807) is 12.1 Å². The maximum Gasteiger partial charge on any atom is 0.387 e. The largest absolute Gasteiger partial charge is 0.433 e. The van der Waals surface area contributed by atoms with Crippen LogP contribution in [-0.2, 0) is 11.3 Å². The molecule has 1 aromatic heterocycles. The molecule has 0 spiro atoms. The van der Waals surface area contributed by atoms with Crippen molar-refractivity contribution in [1.82, 2.24) is 9.78 Å². The number of para-hydroxylation sites is 2. The molecule has 0 atom stereocenters. The summed E-state index contributed by atoms with van der Waals surface area (Å²) < 4.78 is 31.4. The third-order valence-electron chi connectivity index (χ3n) is 2.96. The molecule has 0 saturated carbocycles. The first kappa shape index (κ1) is 16.4. The molecule has 5 nitrogen and oxygen atoms in total. The standard InChI is InChI=1S/C14H14BrF2N3O2/c1-8-13(15)9(2)20(19-8)7-12(21)18-10-5-3-4-6-11(10)22-14(16)17/h3-6,14H,7H2,1-2H3,(H,18,21). The molecule has 0 fully saturated rings. The van der Waals surface area contributed by atoms with Gasteiger partial charge in [-0.1, -0.05) is 12.1 Å². The maximum atomic E-state index is 12.3. The molecule has 118 valence electrons. The van der Waals surface area contributed by atoms with Crippen molar-refractivity contribution in [2.45, 2.75) is 27.0 Å². The van der Waals surface area contributed by atoms with Crippen LogP contribution in [-0.4, -0.2) is 22.3 Å². The highest BCUT2D eigenvalue weighted by molar-refractivity contribution is 9.10. The second kappa shape index (κ2) is 6.87. The van der Waals surface area contributed by atoms with E-state index in [0.717, 1.165) is 15.9 Å². The van der Waals surface area contributed by atoms with Crippen molar-refractivity contribution in [1.29, 1.82) is 0 Å². The van der Waals surface area contributed by atoms with Gasteiger partial charge in [-0.2, -0.15) is 13.9 Å². The van der Waals surface area contributed by atoms with Crippen LogP contribution < -0.4 is 10.1 Å². The van der Waals surface area contributed by atoms with E-state index in [1.807, 2.05) is 13.8 Å². The zero-order chi connectivity index (χ0) is 16.3. The smallest absolute Gasteiger partial charge is 0.387 e. The summed E-state index contributed by atoms with van der Waals surface area (Å²) in [5, 5.41) is 6.77. The minimum absolute atomic E-state index is 0.0265. The van der Waals surface area contributed by atoms with E-state index in [4.69, 9.17) is 0 Å². The summed E-state index contributed by atoms with van der Waals surface area (Å²) in [6.07, 6.45) is 0. The highest BCUT2D eigenvalue weighted by atomic mass is 79.9. The number of ether oxygens (including phenoxy) is 1. The third kappa shape index (κ3) is 3.82. The monoisotopic (exact) mass is 373 g/mol. The lowest BCUT2D eigenvalue weighted by molar-refractivity contribution is -0.117. The SMILES string of the molecule is Cc1nn(CC(=O)Nc2ccccc2OC(F)F)c(C)c1Br. The molecule has 0 saturated heterocycles. The summed E-state index contributed by atoms with van der Waals surface area (Å²) in [7, 11) is 0. The number of anilines is 1. The highest BCUT2D eigenvalue weighted by Gasteiger charge is 2.14. The van der Waals surface area contributed by atoms with Crippen LogP contribution in [0.5, 0.6) is 5.75 Å². The normalized spacial score (nSPS) is 10.8. The molecule has 0 aliphatic rings. The Morgan fingerprint density at radius 2 is 2.09 bits per heavy atom. The number of hydrogen-bond acceptors (Lipinski definition) is 3. The zero-order valence-corrected chi connectivity index (χ0v) is 13.5. The number of halogens is 3. The quantitative estimate of drug-likeness (QED) is 0.872. The van der Waals surface area contributed by atoms with E-state index in [-0.39, 0.29) is 23.9 Å². The molecule has 0 aliphatic carbocycles. The number of alkyl halides is 2. The fourth-order valence-electron chi connectivity index (χ4n) is 1.92. The first-order valence-electron chi connectivity index (χ1n) is 6.41. The molecule has 0 bridgehead atoms. The molecule has 2 rings (SSSR count). The third-order valence-corrected chi connectivity index (χ3v) is 4.11. The number of aryl methyl sites for hydroxylation is 1. The van der Waals surface area contributed by atoms with Gasteiger partial charge in [-0.05, 0) is 41.9 Å². The Morgan fingerprint density at radius 3 is 2.68 bits per heavy atom. The molecular weight excluding hydrogens is 360 g/mol. The lowest BCUT2D eigenvalue weighted by atomic mass is 10.3. The fraction of sp³-hybridized carbons (Fsp3) is 0.286. The molecule has 0 radical (unpaired) electrons. The van der Waals surface area contributed by atoms with Crippen LogP contribution in [0, 0.1) is 13.8 Å². The van der Waals surface area contributed by atoms with Gasteiger partial charge in [0.15, 0.2) is 0 Å². The van der Waals surface area contributed by atoms with Crippen LogP contribution in [0.3, 0.4) is 0 Å². The number of nitrogens with one attached hydrogen (secondary N) is 1. The summed E-state index contributed by atoms with van der Waals surface area (Å²) in [5.74, 6) is -0.469. The summed E-state index contributed by atoms with van der Waals surface area (Å²) in [6.45, 7) is 0.661. The molecule has 8 heteroatoms.